The fraction of sp³-hybridized carbons (Fsp3) is 0.176. The number of hydrogen-bond donors (Lipinski definition) is 0. The predicted molar refractivity (Wildman–Crippen MR) is 76.1 cm³/mol. The van der Waals surface area contributed by atoms with Crippen LogP contribution in [-0.4, -0.2) is 6.18 Å². The minimum Gasteiger partial charge on any atom is -0.460 e. The van der Waals surface area contributed by atoms with E-state index in [0.29, 0.717) is 16.5 Å². The summed E-state index contributed by atoms with van der Waals surface area (Å²) in [6, 6.07) is 14.5. The van der Waals surface area contributed by atoms with Gasteiger partial charge < -0.3 is 4.42 Å². The first-order valence-electron chi connectivity index (χ1n) is 6.58. The van der Waals surface area contributed by atoms with Gasteiger partial charge in [0, 0.05) is 10.9 Å². The van der Waals surface area contributed by atoms with Crippen molar-refractivity contribution in [2.24, 2.45) is 0 Å². The van der Waals surface area contributed by atoms with Gasteiger partial charge in [0.15, 0.2) is 0 Å². The quantitative estimate of drug-likeness (QED) is 0.606. The van der Waals surface area contributed by atoms with Crippen molar-refractivity contribution >= 4 is 11.0 Å². The largest absolute Gasteiger partial charge is 0.460 e. The summed E-state index contributed by atoms with van der Waals surface area (Å²) in [4.78, 5) is 0. The third-order valence-electron chi connectivity index (χ3n) is 3.34. The first kappa shape index (κ1) is 13.7. The number of benzene rings is 2. The predicted octanol–water partition coefficient (Wildman–Crippen LogP) is 5.51. The molecule has 4 heteroatoms. The lowest BCUT2D eigenvalue weighted by molar-refractivity contribution is -0.129. The van der Waals surface area contributed by atoms with Crippen molar-refractivity contribution in [2.45, 2.75) is 19.5 Å². The van der Waals surface area contributed by atoms with E-state index < -0.39 is 12.6 Å². The molecule has 0 saturated heterocycles. The van der Waals surface area contributed by atoms with Crippen molar-refractivity contribution in [1.29, 1.82) is 0 Å². The lowest BCUT2D eigenvalue weighted by atomic mass is 9.99. The monoisotopic (exact) mass is 290 g/mol. The number of para-hydroxylation sites is 1. The maximum Gasteiger partial charge on any atom is 0.396 e. The highest BCUT2D eigenvalue weighted by molar-refractivity contribution is 5.95. The minimum absolute atomic E-state index is 0.0331. The van der Waals surface area contributed by atoms with Gasteiger partial charge in [-0.05, 0) is 18.6 Å². The van der Waals surface area contributed by atoms with Crippen molar-refractivity contribution in [2.75, 3.05) is 0 Å². The third kappa shape index (κ3) is 2.79. The molecule has 0 fully saturated rings. The number of halogens is 3. The molecule has 0 amide bonds. The maximum absolute atomic E-state index is 12.8. The van der Waals surface area contributed by atoms with E-state index in [-0.39, 0.29) is 5.76 Å². The summed E-state index contributed by atoms with van der Waals surface area (Å²) in [5.74, 6) is -0.0331. The lowest BCUT2D eigenvalue weighted by Crippen LogP contribution is -2.11. The van der Waals surface area contributed by atoms with Gasteiger partial charge in [-0.2, -0.15) is 13.2 Å². The van der Waals surface area contributed by atoms with Crippen molar-refractivity contribution in [1.82, 2.24) is 0 Å². The molecule has 108 valence electrons. The molecular formula is C17H13F3O. The van der Waals surface area contributed by atoms with Crippen LogP contribution in [0.2, 0.25) is 0 Å². The molecule has 3 aromatic rings. The average Bonchev–Trinajstić information content (AvgIpc) is 2.74. The van der Waals surface area contributed by atoms with Crippen LogP contribution in [0.4, 0.5) is 13.2 Å². The summed E-state index contributed by atoms with van der Waals surface area (Å²) in [6.07, 6.45) is -5.36. The molecule has 0 aliphatic heterocycles. The molecule has 0 spiro atoms. The van der Waals surface area contributed by atoms with E-state index in [9.17, 15) is 13.2 Å². The summed E-state index contributed by atoms with van der Waals surface area (Å²) in [7, 11) is 0. The van der Waals surface area contributed by atoms with Crippen LogP contribution in [0.15, 0.2) is 52.9 Å². The average molecular weight is 290 g/mol. The summed E-state index contributed by atoms with van der Waals surface area (Å²) in [5.41, 5.74) is 2.76. The van der Waals surface area contributed by atoms with E-state index >= 15 is 0 Å². The Kier molecular flexibility index (Phi) is 3.24. The van der Waals surface area contributed by atoms with Crippen molar-refractivity contribution in [3.63, 3.8) is 0 Å². The molecule has 0 saturated carbocycles. The van der Waals surface area contributed by atoms with Crippen LogP contribution in [0.1, 0.15) is 11.3 Å². The fourth-order valence-electron chi connectivity index (χ4n) is 2.52. The number of aryl methyl sites for hydroxylation is 1. The first-order chi connectivity index (χ1) is 9.94. The van der Waals surface area contributed by atoms with Crippen LogP contribution in [0.3, 0.4) is 0 Å². The van der Waals surface area contributed by atoms with Gasteiger partial charge in [0.05, 0.1) is 0 Å². The molecule has 21 heavy (non-hydrogen) atoms. The molecule has 0 N–H and O–H groups in total. The Bertz CT molecular complexity index is 784. The SMILES string of the molecule is Cc1cccc(-c2c(CC(F)(F)F)oc3ccccc23)c1. The van der Waals surface area contributed by atoms with Crippen molar-refractivity contribution in [3.8, 4) is 11.1 Å². The van der Waals surface area contributed by atoms with Gasteiger partial charge >= 0.3 is 6.18 Å². The number of hydrogen-bond acceptors (Lipinski definition) is 1. The highest BCUT2D eigenvalue weighted by Gasteiger charge is 2.32. The summed E-state index contributed by atoms with van der Waals surface area (Å²) in [5, 5.41) is 0.711. The molecule has 0 unspecified atom stereocenters. The lowest BCUT2D eigenvalue weighted by Gasteiger charge is -2.07. The molecule has 0 aliphatic rings. The van der Waals surface area contributed by atoms with Gasteiger partial charge in [-0.1, -0.05) is 48.0 Å². The summed E-state index contributed by atoms with van der Waals surface area (Å²) >= 11 is 0. The van der Waals surface area contributed by atoms with E-state index in [1.807, 2.05) is 31.2 Å². The summed E-state index contributed by atoms with van der Waals surface area (Å²) < 4.78 is 43.8. The van der Waals surface area contributed by atoms with Gasteiger partial charge in [-0.25, -0.2) is 0 Å². The molecule has 0 aliphatic carbocycles. The normalized spacial score (nSPS) is 12.0. The zero-order chi connectivity index (χ0) is 15.0. The smallest absolute Gasteiger partial charge is 0.396 e. The molecule has 1 aromatic heterocycles. The molecule has 0 bridgehead atoms. The van der Waals surface area contributed by atoms with Gasteiger partial charge in [0.1, 0.15) is 17.8 Å². The van der Waals surface area contributed by atoms with E-state index in [2.05, 4.69) is 0 Å². The minimum atomic E-state index is -4.30. The highest BCUT2D eigenvalue weighted by atomic mass is 19.4. The van der Waals surface area contributed by atoms with Crippen LogP contribution in [-0.2, 0) is 6.42 Å². The van der Waals surface area contributed by atoms with Gasteiger partial charge in [-0.15, -0.1) is 0 Å². The topological polar surface area (TPSA) is 13.1 Å². The van der Waals surface area contributed by atoms with Crippen LogP contribution in [0, 0.1) is 6.92 Å². The van der Waals surface area contributed by atoms with Crippen molar-refractivity contribution < 1.29 is 17.6 Å². The number of alkyl halides is 3. The molecule has 1 nitrogen and oxygen atoms in total. The van der Waals surface area contributed by atoms with Crippen LogP contribution in [0.25, 0.3) is 22.1 Å². The Morgan fingerprint density at radius 2 is 1.76 bits per heavy atom. The number of rotatable bonds is 2. The molecule has 3 rings (SSSR count). The van der Waals surface area contributed by atoms with E-state index in [1.54, 1.807) is 24.3 Å². The zero-order valence-corrected chi connectivity index (χ0v) is 11.4. The Labute approximate surface area is 120 Å². The van der Waals surface area contributed by atoms with Gasteiger partial charge in [0.2, 0.25) is 0 Å². The second-order valence-electron chi connectivity index (χ2n) is 5.06. The van der Waals surface area contributed by atoms with Crippen LogP contribution >= 0.6 is 0 Å². The molecule has 1 heterocycles. The number of fused-ring (bicyclic) bond motifs is 1. The summed E-state index contributed by atoms with van der Waals surface area (Å²) in [6.45, 7) is 1.91. The Morgan fingerprint density at radius 3 is 2.48 bits per heavy atom. The standard InChI is InChI=1S/C17H13F3O/c1-11-5-4-6-12(9-11)16-13-7-2-3-8-14(13)21-15(16)10-17(18,19)20/h2-9H,10H2,1H3. The fourth-order valence-corrected chi connectivity index (χ4v) is 2.52. The van der Waals surface area contributed by atoms with E-state index in [0.717, 1.165) is 11.1 Å². The zero-order valence-electron chi connectivity index (χ0n) is 11.4. The van der Waals surface area contributed by atoms with Gasteiger partial charge in [-0.3, -0.25) is 0 Å². The second-order valence-corrected chi connectivity index (χ2v) is 5.06. The Hall–Kier alpha value is -2.23. The van der Waals surface area contributed by atoms with E-state index in [4.69, 9.17) is 4.42 Å². The Morgan fingerprint density at radius 1 is 1.00 bits per heavy atom. The van der Waals surface area contributed by atoms with E-state index in [1.165, 1.54) is 0 Å². The maximum atomic E-state index is 12.8. The molecule has 0 radical (unpaired) electrons. The molecule has 0 atom stereocenters. The number of furan rings is 1. The second kappa shape index (κ2) is 4.95. The Balaban J connectivity index is 2.25. The van der Waals surface area contributed by atoms with Crippen molar-refractivity contribution in [3.05, 3.63) is 59.9 Å². The highest BCUT2D eigenvalue weighted by Crippen LogP contribution is 2.38. The van der Waals surface area contributed by atoms with Gasteiger partial charge in [0.25, 0.3) is 0 Å². The van der Waals surface area contributed by atoms with Crippen LogP contribution < -0.4 is 0 Å². The van der Waals surface area contributed by atoms with Crippen LogP contribution in [0.5, 0.6) is 0 Å². The first-order valence-corrected chi connectivity index (χ1v) is 6.58. The molecule has 2 aromatic carbocycles. The molecular weight excluding hydrogens is 277 g/mol. The third-order valence-corrected chi connectivity index (χ3v) is 3.34.